The Balaban J connectivity index is 1.87. The molecule has 0 fully saturated rings. The standard InChI is InChI=1S/C17H19ClN2/c1-20(13-15-6-2-3-7-17(15)19)12-4-5-14-8-10-16(18)11-9-14/h2-11H,12-13,19H2,1H3. The number of para-hydroxylation sites is 1. The van der Waals surface area contributed by atoms with E-state index < -0.39 is 0 Å². The van der Waals surface area contributed by atoms with Crippen molar-refractivity contribution in [3.63, 3.8) is 0 Å². The van der Waals surface area contributed by atoms with Gasteiger partial charge in [0, 0.05) is 23.8 Å². The fourth-order valence-electron chi connectivity index (χ4n) is 1.98. The minimum Gasteiger partial charge on any atom is -0.398 e. The van der Waals surface area contributed by atoms with Crippen LogP contribution in [0.1, 0.15) is 11.1 Å². The average molecular weight is 287 g/mol. The van der Waals surface area contributed by atoms with Crippen LogP contribution in [-0.2, 0) is 6.54 Å². The van der Waals surface area contributed by atoms with Crippen LogP contribution in [0.2, 0.25) is 5.02 Å². The van der Waals surface area contributed by atoms with E-state index in [1.807, 2.05) is 42.5 Å². The van der Waals surface area contributed by atoms with Gasteiger partial charge >= 0.3 is 0 Å². The first-order chi connectivity index (χ1) is 9.65. The van der Waals surface area contributed by atoms with Gasteiger partial charge in [-0.2, -0.15) is 0 Å². The maximum absolute atomic E-state index is 5.95. The minimum absolute atomic E-state index is 0.763. The Kier molecular flexibility index (Phi) is 5.22. The van der Waals surface area contributed by atoms with Crippen molar-refractivity contribution >= 4 is 23.4 Å². The molecule has 2 aromatic carbocycles. The number of halogens is 1. The molecule has 0 heterocycles. The van der Waals surface area contributed by atoms with Crippen LogP contribution >= 0.6 is 11.6 Å². The van der Waals surface area contributed by atoms with Crippen LogP contribution in [0, 0.1) is 0 Å². The van der Waals surface area contributed by atoms with E-state index in [1.165, 1.54) is 0 Å². The first-order valence-electron chi connectivity index (χ1n) is 6.59. The van der Waals surface area contributed by atoms with Gasteiger partial charge in [0.2, 0.25) is 0 Å². The van der Waals surface area contributed by atoms with Gasteiger partial charge in [-0.05, 0) is 36.4 Å². The van der Waals surface area contributed by atoms with Crippen molar-refractivity contribution in [2.45, 2.75) is 6.54 Å². The van der Waals surface area contributed by atoms with Crippen LogP contribution in [0.25, 0.3) is 6.08 Å². The first kappa shape index (κ1) is 14.6. The molecular formula is C17H19ClN2. The molecule has 20 heavy (non-hydrogen) atoms. The van der Waals surface area contributed by atoms with Crippen LogP contribution in [0.3, 0.4) is 0 Å². The van der Waals surface area contributed by atoms with Crippen molar-refractivity contribution in [2.24, 2.45) is 0 Å². The fraction of sp³-hybridized carbons (Fsp3) is 0.176. The number of nitrogens with zero attached hydrogens (tertiary/aromatic N) is 1. The van der Waals surface area contributed by atoms with Crippen molar-refractivity contribution in [3.05, 3.63) is 70.8 Å². The molecule has 0 spiro atoms. The molecule has 0 aliphatic heterocycles. The highest BCUT2D eigenvalue weighted by Gasteiger charge is 2.01. The van der Waals surface area contributed by atoms with Crippen molar-refractivity contribution in [2.75, 3.05) is 19.3 Å². The minimum atomic E-state index is 0.763. The van der Waals surface area contributed by atoms with E-state index in [2.05, 4.69) is 30.2 Å². The second-order valence-electron chi connectivity index (χ2n) is 4.85. The number of hydrogen-bond donors (Lipinski definition) is 1. The third kappa shape index (κ3) is 4.41. The summed E-state index contributed by atoms with van der Waals surface area (Å²) >= 11 is 5.86. The molecule has 0 saturated heterocycles. The zero-order chi connectivity index (χ0) is 14.4. The monoisotopic (exact) mass is 286 g/mol. The second-order valence-corrected chi connectivity index (χ2v) is 5.29. The van der Waals surface area contributed by atoms with Gasteiger partial charge in [0.1, 0.15) is 0 Å². The van der Waals surface area contributed by atoms with Crippen LogP contribution in [0.4, 0.5) is 5.69 Å². The molecule has 0 saturated carbocycles. The summed E-state index contributed by atoms with van der Waals surface area (Å²) in [6, 6.07) is 15.8. The second kappa shape index (κ2) is 7.13. The van der Waals surface area contributed by atoms with E-state index in [0.717, 1.165) is 34.9 Å². The molecule has 0 aromatic heterocycles. The number of likely N-dealkylation sites (N-methyl/N-ethyl adjacent to an activating group) is 1. The summed E-state index contributed by atoms with van der Waals surface area (Å²) in [5, 5.41) is 0.763. The van der Waals surface area contributed by atoms with Gasteiger partial charge in [-0.3, -0.25) is 4.90 Å². The Morgan fingerprint density at radius 2 is 1.80 bits per heavy atom. The molecular weight excluding hydrogens is 268 g/mol. The molecule has 3 heteroatoms. The zero-order valence-electron chi connectivity index (χ0n) is 11.6. The molecule has 0 aliphatic rings. The zero-order valence-corrected chi connectivity index (χ0v) is 12.3. The third-order valence-corrected chi connectivity index (χ3v) is 3.34. The van der Waals surface area contributed by atoms with Gasteiger partial charge in [0.15, 0.2) is 0 Å². The van der Waals surface area contributed by atoms with Crippen molar-refractivity contribution in [3.8, 4) is 0 Å². The van der Waals surface area contributed by atoms with E-state index in [1.54, 1.807) is 0 Å². The van der Waals surface area contributed by atoms with Gasteiger partial charge in [0.05, 0.1) is 0 Å². The fourth-order valence-corrected chi connectivity index (χ4v) is 2.10. The number of anilines is 1. The summed E-state index contributed by atoms with van der Waals surface area (Å²) in [6.45, 7) is 1.72. The molecule has 2 N–H and O–H groups in total. The molecule has 2 nitrogen and oxygen atoms in total. The molecule has 0 bridgehead atoms. The quantitative estimate of drug-likeness (QED) is 0.840. The van der Waals surface area contributed by atoms with Crippen LogP contribution in [0.15, 0.2) is 54.6 Å². The average Bonchev–Trinajstić information content (AvgIpc) is 2.44. The maximum atomic E-state index is 5.95. The predicted molar refractivity (Wildman–Crippen MR) is 87.7 cm³/mol. The van der Waals surface area contributed by atoms with Gasteiger partial charge in [-0.15, -0.1) is 0 Å². The van der Waals surface area contributed by atoms with Gasteiger partial charge in [-0.1, -0.05) is 54.1 Å². The highest BCUT2D eigenvalue weighted by molar-refractivity contribution is 6.30. The Morgan fingerprint density at radius 1 is 1.10 bits per heavy atom. The SMILES string of the molecule is CN(CC=Cc1ccc(Cl)cc1)Cc1ccccc1N. The predicted octanol–water partition coefficient (Wildman–Crippen LogP) is 4.07. The first-order valence-corrected chi connectivity index (χ1v) is 6.97. The summed E-state index contributed by atoms with van der Waals surface area (Å²) in [6.07, 6.45) is 4.24. The van der Waals surface area contributed by atoms with E-state index >= 15 is 0 Å². The van der Waals surface area contributed by atoms with Gasteiger partial charge in [-0.25, -0.2) is 0 Å². The Labute approximate surface area is 125 Å². The molecule has 0 amide bonds. The van der Waals surface area contributed by atoms with Crippen LogP contribution in [0.5, 0.6) is 0 Å². The lowest BCUT2D eigenvalue weighted by Gasteiger charge is -2.15. The number of nitrogen functional groups attached to an aromatic ring is 1. The van der Waals surface area contributed by atoms with E-state index in [-0.39, 0.29) is 0 Å². The smallest absolute Gasteiger partial charge is 0.0406 e. The highest BCUT2D eigenvalue weighted by Crippen LogP contribution is 2.13. The molecule has 0 unspecified atom stereocenters. The van der Waals surface area contributed by atoms with Gasteiger partial charge in [0.25, 0.3) is 0 Å². The largest absolute Gasteiger partial charge is 0.398 e. The number of nitrogens with two attached hydrogens (primary N) is 1. The summed E-state index contributed by atoms with van der Waals surface area (Å²) in [5.41, 5.74) is 9.11. The summed E-state index contributed by atoms with van der Waals surface area (Å²) in [5.74, 6) is 0. The molecule has 0 radical (unpaired) electrons. The lowest BCUT2D eigenvalue weighted by Crippen LogP contribution is -2.18. The summed E-state index contributed by atoms with van der Waals surface area (Å²) < 4.78 is 0. The maximum Gasteiger partial charge on any atom is 0.0406 e. The van der Waals surface area contributed by atoms with Crippen molar-refractivity contribution < 1.29 is 0 Å². The van der Waals surface area contributed by atoms with E-state index in [9.17, 15) is 0 Å². The summed E-state index contributed by atoms with van der Waals surface area (Å²) in [7, 11) is 2.08. The molecule has 0 aliphatic carbocycles. The highest BCUT2D eigenvalue weighted by atomic mass is 35.5. The lowest BCUT2D eigenvalue weighted by atomic mass is 10.1. The van der Waals surface area contributed by atoms with E-state index in [0.29, 0.717) is 0 Å². The Bertz CT molecular complexity index is 576. The number of benzene rings is 2. The third-order valence-electron chi connectivity index (χ3n) is 3.09. The van der Waals surface area contributed by atoms with Gasteiger partial charge < -0.3 is 5.73 Å². The number of rotatable bonds is 5. The Morgan fingerprint density at radius 3 is 2.50 bits per heavy atom. The molecule has 2 aromatic rings. The lowest BCUT2D eigenvalue weighted by molar-refractivity contribution is 0.364. The summed E-state index contributed by atoms with van der Waals surface area (Å²) in [4.78, 5) is 2.22. The molecule has 104 valence electrons. The topological polar surface area (TPSA) is 29.3 Å². The van der Waals surface area contributed by atoms with Crippen molar-refractivity contribution in [1.29, 1.82) is 0 Å². The molecule has 2 rings (SSSR count). The van der Waals surface area contributed by atoms with Crippen LogP contribution < -0.4 is 5.73 Å². The Hall–Kier alpha value is -1.77. The number of hydrogen-bond acceptors (Lipinski definition) is 2. The normalized spacial score (nSPS) is 11.3. The van der Waals surface area contributed by atoms with Crippen molar-refractivity contribution in [1.82, 2.24) is 4.90 Å². The van der Waals surface area contributed by atoms with Crippen LogP contribution in [-0.4, -0.2) is 18.5 Å². The van der Waals surface area contributed by atoms with E-state index in [4.69, 9.17) is 17.3 Å². The molecule has 0 atom stereocenters.